The summed E-state index contributed by atoms with van der Waals surface area (Å²) >= 11 is 3.46. The van der Waals surface area contributed by atoms with Crippen molar-refractivity contribution < 1.29 is 23.7 Å². The molecule has 2 aromatic carbocycles. The molecule has 142 valence electrons. The van der Waals surface area contributed by atoms with Gasteiger partial charge in [0.15, 0.2) is 29.1 Å². The molecule has 2 heterocycles. The van der Waals surface area contributed by atoms with Gasteiger partial charge in [-0.2, -0.15) is 0 Å². The fourth-order valence-corrected chi connectivity index (χ4v) is 3.33. The van der Waals surface area contributed by atoms with Crippen molar-refractivity contribution in [3.05, 3.63) is 40.9 Å². The summed E-state index contributed by atoms with van der Waals surface area (Å²) in [7, 11) is 1.71. The van der Waals surface area contributed by atoms with E-state index in [1.807, 2.05) is 24.3 Å². The lowest BCUT2D eigenvalue weighted by Crippen LogP contribution is -2.43. The van der Waals surface area contributed by atoms with E-state index in [0.717, 1.165) is 10.2 Å². The van der Waals surface area contributed by atoms with Crippen LogP contribution in [0.2, 0.25) is 0 Å². The van der Waals surface area contributed by atoms with Gasteiger partial charge in [0.2, 0.25) is 0 Å². The molecule has 4 rings (SSSR count). The van der Waals surface area contributed by atoms with Crippen molar-refractivity contribution in [2.45, 2.75) is 6.10 Å². The quantitative estimate of drug-likeness (QED) is 0.799. The summed E-state index contributed by atoms with van der Waals surface area (Å²) in [6, 6.07) is 10.8. The van der Waals surface area contributed by atoms with E-state index in [2.05, 4.69) is 21.2 Å². The first-order valence-electron chi connectivity index (χ1n) is 8.60. The van der Waals surface area contributed by atoms with Crippen LogP contribution in [0, 0.1) is 0 Å². The van der Waals surface area contributed by atoms with Gasteiger partial charge in [0, 0.05) is 23.7 Å². The second-order valence-corrected chi connectivity index (χ2v) is 7.14. The normalized spacial score (nSPS) is 17.2. The number of rotatable bonds is 3. The third kappa shape index (κ3) is 3.90. The summed E-state index contributed by atoms with van der Waals surface area (Å²) in [5.74, 6) is 2.69. The molecule has 2 aromatic rings. The summed E-state index contributed by atoms with van der Waals surface area (Å²) in [6.07, 6.45) is -0.237. The van der Waals surface area contributed by atoms with Crippen molar-refractivity contribution in [3.8, 4) is 23.0 Å². The Bertz CT molecular complexity index is 860. The molecule has 7 nitrogen and oxygen atoms in total. The van der Waals surface area contributed by atoms with E-state index >= 15 is 0 Å². The predicted octanol–water partition coefficient (Wildman–Crippen LogP) is 3.52. The molecule has 0 aromatic heterocycles. The van der Waals surface area contributed by atoms with E-state index in [4.69, 9.17) is 18.9 Å². The molecule has 0 saturated heterocycles. The summed E-state index contributed by atoms with van der Waals surface area (Å²) in [5.41, 5.74) is 0.613. The van der Waals surface area contributed by atoms with E-state index in [1.165, 1.54) is 0 Å². The van der Waals surface area contributed by atoms with Gasteiger partial charge in [-0.15, -0.1) is 0 Å². The van der Waals surface area contributed by atoms with Crippen LogP contribution >= 0.6 is 15.9 Å². The van der Waals surface area contributed by atoms with Crippen LogP contribution in [0.25, 0.3) is 0 Å². The van der Waals surface area contributed by atoms with Gasteiger partial charge >= 0.3 is 6.03 Å². The highest BCUT2D eigenvalue weighted by molar-refractivity contribution is 9.10. The predicted molar refractivity (Wildman–Crippen MR) is 103 cm³/mol. The fourth-order valence-electron chi connectivity index (χ4n) is 2.91. The van der Waals surface area contributed by atoms with Gasteiger partial charge < -0.3 is 29.2 Å². The maximum Gasteiger partial charge on any atom is 0.321 e. The molecule has 2 aliphatic heterocycles. The van der Waals surface area contributed by atoms with Crippen LogP contribution < -0.4 is 24.3 Å². The number of halogens is 1. The van der Waals surface area contributed by atoms with Gasteiger partial charge in [0.1, 0.15) is 19.8 Å². The molecule has 0 saturated carbocycles. The van der Waals surface area contributed by atoms with Gasteiger partial charge in [-0.1, -0.05) is 12.1 Å². The van der Waals surface area contributed by atoms with Crippen LogP contribution in [-0.4, -0.2) is 50.4 Å². The smallest absolute Gasteiger partial charge is 0.321 e. The van der Waals surface area contributed by atoms with Gasteiger partial charge in [-0.05, 0) is 28.1 Å². The maximum atomic E-state index is 12.6. The number of hydrogen-bond acceptors (Lipinski definition) is 5. The number of benzene rings is 2. The lowest BCUT2D eigenvalue weighted by atomic mass is 10.2. The van der Waals surface area contributed by atoms with Crippen molar-refractivity contribution in [2.24, 2.45) is 0 Å². The lowest BCUT2D eigenvalue weighted by molar-refractivity contribution is 0.0731. The van der Waals surface area contributed by atoms with Crippen molar-refractivity contribution >= 4 is 27.6 Å². The van der Waals surface area contributed by atoms with Crippen LogP contribution in [0.3, 0.4) is 0 Å². The van der Waals surface area contributed by atoms with E-state index < -0.39 is 0 Å². The fraction of sp³-hybridized carbons (Fsp3) is 0.316. The van der Waals surface area contributed by atoms with E-state index in [1.54, 1.807) is 24.1 Å². The van der Waals surface area contributed by atoms with Crippen molar-refractivity contribution in [1.29, 1.82) is 0 Å². The number of carbonyl (C=O) groups is 1. The second kappa shape index (κ2) is 7.56. The Labute approximate surface area is 165 Å². The minimum Gasteiger partial charge on any atom is -0.486 e. The zero-order valence-electron chi connectivity index (χ0n) is 14.7. The van der Waals surface area contributed by atoms with Crippen LogP contribution in [0.5, 0.6) is 23.0 Å². The minimum atomic E-state index is -0.255. The number of urea groups is 1. The molecular weight excluding hydrogens is 416 g/mol. The lowest BCUT2D eigenvalue weighted by Gasteiger charge is -2.29. The van der Waals surface area contributed by atoms with Gasteiger partial charge in [-0.25, -0.2) is 4.79 Å². The summed E-state index contributed by atoms with van der Waals surface area (Å²) < 4.78 is 23.4. The van der Waals surface area contributed by atoms with Gasteiger partial charge in [0.05, 0.1) is 12.2 Å². The molecule has 0 radical (unpaired) electrons. The maximum absolute atomic E-state index is 12.6. The molecular formula is C19H19BrN2O5. The molecule has 0 aliphatic carbocycles. The Balaban J connectivity index is 1.39. The van der Waals surface area contributed by atoms with Crippen molar-refractivity contribution in [3.63, 3.8) is 0 Å². The highest BCUT2D eigenvalue weighted by Crippen LogP contribution is 2.38. The van der Waals surface area contributed by atoms with E-state index in [-0.39, 0.29) is 12.1 Å². The number of hydrogen-bond donors (Lipinski definition) is 1. The Morgan fingerprint density at radius 2 is 1.81 bits per heavy atom. The van der Waals surface area contributed by atoms with Crippen LogP contribution in [0.4, 0.5) is 10.5 Å². The highest BCUT2D eigenvalue weighted by Gasteiger charge is 2.24. The molecule has 2 amide bonds. The monoisotopic (exact) mass is 434 g/mol. The average Bonchev–Trinajstić information content (AvgIpc) is 2.68. The van der Waals surface area contributed by atoms with Gasteiger partial charge in [-0.3, -0.25) is 0 Å². The van der Waals surface area contributed by atoms with E-state index in [9.17, 15) is 4.79 Å². The first-order chi connectivity index (χ1) is 13.1. The summed E-state index contributed by atoms with van der Waals surface area (Å²) in [5, 5.41) is 2.88. The number of fused-ring (bicyclic) bond motifs is 2. The minimum absolute atomic E-state index is 0.237. The summed E-state index contributed by atoms with van der Waals surface area (Å²) in [6.45, 7) is 1.79. The largest absolute Gasteiger partial charge is 0.486 e. The highest BCUT2D eigenvalue weighted by atomic mass is 79.9. The molecule has 1 atom stereocenters. The molecule has 0 fully saturated rings. The van der Waals surface area contributed by atoms with Crippen LogP contribution in [0.15, 0.2) is 40.9 Å². The van der Waals surface area contributed by atoms with Gasteiger partial charge in [0.25, 0.3) is 0 Å². The molecule has 8 heteroatoms. The summed E-state index contributed by atoms with van der Waals surface area (Å²) in [4.78, 5) is 14.1. The average molecular weight is 435 g/mol. The Hall–Kier alpha value is -2.61. The number of para-hydroxylation sites is 2. The van der Waals surface area contributed by atoms with Crippen molar-refractivity contribution in [2.75, 3.05) is 38.7 Å². The second-order valence-electron chi connectivity index (χ2n) is 6.28. The van der Waals surface area contributed by atoms with E-state index in [0.29, 0.717) is 49.3 Å². The molecule has 0 spiro atoms. The topological polar surface area (TPSA) is 69.3 Å². The number of ether oxygens (including phenoxy) is 4. The standard InChI is InChI=1S/C19H19BrN2O5/c1-22(10-12-11-26-15-4-2-3-5-16(15)27-12)19(23)21-14-9-18-17(8-13(14)20)24-6-7-25-18/h2-5,8-9,12H,6-7,10-11H2,1H3,(H,21,23). The Morgan fingerprint density at radius 1 is 1.11 bits per heavy atom. The SMILES string of the molecule is CN(CC1COc2ccccc2O1)C(=O)Nc1cc2c(cc1Br)OCCO2. The number of amides is 2. The van der Waals surface area contributed by atoms with Crippen molar-refractivity contribution in [1.82, 2.24) is 4.90 Å². The molecule has 1 unspecified atom stereocenters. The number of carbonyl (C=O) groups excluding carboxylic acids is 1. The van der Waals surface area contributed by atoms with Crippen LogP contribution in [0.1, 0.15) is 0 Å². The molecule has 0 bridgehead atoms. The third-order valence-electron chi connectivity index (χ3n) is 4.27. The number of likely N-dealkylation sites (N-methyl/N-ethyl adjacent to an activating group) is 1. The van der Waals surface area contributed by atoms with Crippen LogP contribution in [-0.2, 0) is 0 Å². The first kappa shape index (κ1) is 17.8. The Kier molecular flexibility index (Phi) is 4.98. The molecule has 1 N–H and O–H groups in total. The zero-order chi connectivity index (χ0) is 18.8. The third-order valence-corrected chi connectivity index (χ3v) is 4.92. The first-order valence-corrected chi connectivity index (χ1v) is 9.39. The molecule has 27 heavy (non-hydrogen) atoms. The molecule has 2 aliphatic rings. The number of anilines is 1. The number of nitrogens with one attached hydrogen (secondary N) is 1. The Morgan fingerprint density at radius 3 is 2.59 bits per heavy atom. The number of nitrogens with zero attached hydrogens (tertiary/aromatic N) is 1. The zero-order valence-corrected chi connectivity index (χ0v) is 16.3.